The molecule has 0 saturated carbocycles. The minimum absolute atomic E-state index is 0.0387. The van der Waals surface area contributed by atoms with Crippen LogP contribution in [0.1, 0.15) is 29.0 Å². The minimum Gasteiger partial charge on any atom is -0.371 e. The lowest BCUT2D eigenvalue weighted by Gasteiger charge is -2.36. The van der Waals surface area contributed by atoms with Gasteiger partial charge in [-0.3, -0.25) is 14.7 Å². The SMILES string of the molecule is CNc1nc(Nc2ccc([C@H](C)N3CCN(C)CC3)cc2)c(C(N)=O)nc1-c1cncc2c1ncn2C. The maximum absolute atomic E-state index is 12.4. The molecular formula is C26H32N10O. The third-order valence-corrected chi connectivity index (χ3v) is 7.00. The van der Waals surface area contributed by atoms with Crippen LogP contribution in [0.15, 0.2) is 43.0 Å². The maximum Gasteiger partial charge on any atom is 0.271 e. The summed E-state index contributed by atoms with van der Waals surface area (Å²) in [6.45, 7) is 6.49. The lowest BCUT2D eigenvalue weighted by atomic mass is 10.1. The van der Waals surface area contributed by atoms with Crippen LogP contribution in [0.3, 0.4) is 0 Å². The van der Waals surface area contributed by atoms with Gasteiger partial charge in [-0.1, -0.05) is 12.1 Å². The normalized spacial score (nSPS) is 15.6. The summed E-state index contributed by atoms with van der Waals surface area (Å²) in [5.74, 6) is 0.0785. The highest BCUT2D eigenvalue weighted by molar-refractivity contribution is 5.99. The molecule has 1 aromatic carbocycles. The Morgan fingerprint density at radius 3 is 2.43 bits per heavy atom. The van der Waals surface area contributed by atoms with Gasteiger partial charge in [0.15, 0.2) is 17.3 Å². The molecule has 11 nitrogen and oxygen atoms in total. The Morgan fingerprint density at radius 1 is 1.03 bits per heavy atom. The van der Waals surface area contributed by atoms with Crippen molar-refractivity contribution in [3.63, 3.8) is 0 Å². The van der Waals surface area contributed by atoms with E-state index in [1.807, 2.05) is 23.7 Å². The van der Waals surface area contributed by atoms with E-state index in [1.165, 1.54) is 5.56 Å². The zero-order chi connectivity index (χ0) is 26.1. The molecule has 1 amide bonds. The number of amides is 1. The number of anilines is 3. The molecule has 1 atom stereocenters. The molecule has 4 aromatic rings. The molecule has 11 heteroatoms. The molecule has 1 saturated heterocycles. The van der Waals surface area contributed by atoms with Crippen molar-refractivity contribution in [2.75, 3.05) is 50.9 Å². The van der Waals surface area contributed by atoms with E-state index in [0.717, 1.165) is 37.4 Å². The van der Waals surface area contributed by atoms with Crippen LogP contribution in [-0.4, -0.2) is 80.5 Å². The molecule has 37 heavy (non-hydrogen) atoms. The largest absolute Gasteiger partial charge is 0.371 e. The molecule has 3 aromatic heterocycles. The summed E-state index contributed by atoms with van der Waals surface area (Å²) < 4.78 is 1.87. The van der Waals surface area contributed by atoms with Gasteiger partial charge in [-0.2, -0.15) is 0 Å². The Balaban J connectivity index is 1.45. The van der Waals surface area contributed by atoms with Crippen molar-refractivity contribution >= 4 is 34.3 Å². The fourth-order valence-electron chi connectivity index (χ4n) is 4.67. The number of rotatable bonds is 7. The molecule has 0 bridgehead atoms. The quantitative estimate of drug-likeness (QED) is 0.350. The molecule has 4 heterocycles. The maximum atomic E-state index is 12.4. The van der Waals surface area contributed by atoms with Crippen LogP contribution in [0.4, 0.5) is 17.3 Å². The van der Waals surface area contributed by atoms with Crippen LogP contribution in [0.2, 0.25) is 0 Å². The van der Waals surface area contributed by atoms with E-state index >= 15 is 0 Å². The number of carbonyl (C=O) groups is 1. The number of likely N-dealkylation sites (N-methyl/N-ethyl adjacent to an activating group) is 1. The number of aryl methyl sites for hydroxylation is 1. The van der Waals surface area contributed by atoms with Crippen LogP contribution >= 0.6 is 0 Å². The second-order valence-corrected chi connectivity index (χ2v) is 9.40. The van der Waals surface area contributed by atoms with Crippen molar-refractivity contribution in [3.05, 3.63) is 54.2 Å². The summed E-state index contributed by atoms with van der Waals surface area (Å²) in [7, 11) is 5.81. The van der Waals surface area contributed by atoms with Crippen LogP contribution in [-0.2, 0) is 7.05 Å². The summed E-state index contributed by atoms with van der Waals surface area (Å²) in [6.07, 6.45) is 5.11. The summed E-state index contributed by atoms with van der Waals surface area (Å²) in [6, 6.07) is 8.49. The Kier molecular flexibility index (Phi) is 6.72. The van der Waals surface area contributed by atoms with Crippen molar-refractivity contribution in [1.29, 1.82) is 0 Å². The number of imidazole rings is 1. The van der Waals surface area contributed by atoms with Gasteiger partial charge in [-0.05, 0) is 31.7 Å². The number of nitrogens with zero attached hydrogens (tertiary/aromatic N) is 7. The van der Waals surface area contributed by atoms with Gasteiger partial charge in [0.25, 0.3) is 5.91 Å². The van der Waals surface area contributed by atoms with Crippen LogP contribution in [0.25, 0.3) is 22.3 Å². The molecule has 0 aliphatic carbocycles. The molecule has 0 spiro atoms. The smallest absolute Gasteiger partial charge is 0.271 e. The van der Waals surface area contributed by atoms with E-state index in [9.17, 15) is 4.79 Å². The van der Waals surface area contributed by atoms with Crippen LogP contribution < -0.4 is 16.4 Å². The number of primary amides is 1. The number of fused-ring (bicyclic) bond motifs is 1. The average Bonchev–Trinajstić information content (AvgIpc) is 3.29. The first kappa shape index (κ1) is 24.6. The summed E-state index contributed by atoms with van der Waals surface area (Å²) >= 11 is 0. The molecule has 5 rings (SSSR count). The van der Waals surface area contributed by atoms with Gasteiger partial charge in [-0.15, -0.1) is 0 Å². The first-order valence-electron chi connectivity index (χ1n) is 12.3. The number of hydrogen-bond donors (Lipinski definition) is 3. The number of hydrogen-bond acceptors (Lipinski definition) is 9. The van der Waals surface area contributed by atoms with Gasteiger partial charge < -0.3 is 25.8 Å². The van der Waals surface area contributed by atoms with Gasteiger partial charge in [0, 0.05) is 58.2 Å². The van der Waals surface area contributed by atoms with E-state index in [-0.39, 0.29) is 11.5 Å². The van der Waals surface area contributed by atoms with Crippen molar-refractivity contribution < 1.29 is 4.79 Å². The first-order valence-corrected chi connectivity index (χ1v) is 12.3. The predicted molar refractivity (Wildman–Crippen MR) is 145 cm³/mol. The summed E-state index contributed by atoms with van der Waals surface area (Å²) in [5.41, 5.74) is 10.5. The highest BCUT2D eigenvalue weighted by Gasteiger charge is 2.22. The summed E-state index contributed by atoms with van der Waals surface area (Å²) in [5, 5.41) is 6.31. The van der Waals surface area contributed by atoms with Crippen LogP contribution in [0, 0.1) is 0 Å². The van der Waals surface area contributed by atoms with Gasteiger partial charge in [-0.25, -0.2) is 15.0 Å². The lowest BCUT2D eigenvalue weighted by molar-refractivity contribution is 0.0996. The molecule has 1 aliphatic heterocycles. The van der Waals surface area contributed by atoms with Crippen LogP contribution in [0.5, 0.6) is 0 Å². The highest BCUT2D eigenvalue weighted by Crippen LogP contribution is 2.32. The van der Waals surface area contributed by atoms with Gasteiger partial charge in [0.2, 0.25) is 0 Å². The van der Waals surface area contributed by atoms with E-state index < -0.39 is 5.91 Å². The van der Waals surface area contributed by atoms with Gasteiger partial charge in [0.05, 0.1) is 23.6 Å². The van der Waals surface area contributed by atoms with Crippen molar-refractivity contribution in [1.82, 2.24) is 34.3 Å². The highest BCUT2D eigenvalue weighted by atomic mass is 16.1. The van der Waals surface area contributed by atoms with E-state index in [1.54, 1.807) is 25.8 Å². The molecule has 192 valence electrons. The number of aromatic nitrogens is 5. The molecule has 0 radical (unpaired) electrons. The topological polar surface area (TPSA) is 130 Å². The zero-order valence-electron chi connectivity index (χ0n) is 21.6. The fourth-order valence-corrected chi connectivity index (χ4v) is 4.67. The van der Waals surface area contributed by atoms with Crippen molar-refractivity contribution in [2.24, 2.45) is 12.8 Å². The van der Waals surface area contributed by atoms with Gasteiger partial charge in [0.1, 0.15) is 11.2 Å². The Bertz CT molecular complexity index is 1420. The average molecular weight is 501 g/mol. The Labute approximate surface area is 215 Å². The van der Waals surface area contributed by atoms with E-state index in [0.29, 0.717) is 28.6 Å². The number of nitrogens with one attached hydrogen (secondary N) is 2. The number of piperazine rings is 1. The second kappa shape index (κ2) is 10.1. The number of carbonyl (C=O) groups excluding carboxylic acids is 1. The third kappa shape index (κ3) is 4.83. The molecule has 1 aliphatic rings. The molecule has 0 unspecified atom stereocenters. The minimum atomic E-state index is -0.680. The first-order chi connectivity index (χ1) is 17.9. The van der Waals surface area contributed by atoms with Crippen molar-refractivity contribution in [3.8, 4) is 11.3 Å². The Morgan fingerprint density at radius 2 is 1.76 bits per heavy atom. The lowest BCUT2D eigenvalue weighted by Crippen LogP contribution is -2.45. The summed E-state index contributed by atoms with van der Waals surface area (Å²) in [4.78, 5) is 35.4. The molecule has 4 N–H and O–H groups in total. The van der Waals surface area contributed by atoms with E-state index in [4.69, 9.17) is 5.73 Å². The predicted octanol–water partition coefficient (Wildman–Crippen LogP) is 2.62. The number of pyridine rings is 1. The monoisotopic (exact) mass is 500 g/mol. The Hall–Kier alpha value is -4.09. The second-order valence-electron chi connectivity index (χ2n) is 9.40. The van der Waals surface area contributed by atoms with Gasteiger partial charge >= 0.3 is 0 Å². The molecule has 1 fully saturated rings. The van der Waals surface area contributed by atoms with E-state index in [2.05, 4.69) is 66.5 Å². The van der Waals surface area contributed by atoms with Crippen molar-refractivity contribution in [2.45, 2.75) is 13.0 Å². The number of nitrogens with two attached hydrogens (primary N) is 1. The molecular weight excluding hydrogens is 468 g/mol. The standard InChI is InChI=1S/C26H32N10O/c1-16(36-11-9-34(3)10-12-36)17-5-7-18(8-6-17)31-26-23(24(27)37)32-22(25(28-2)33-26)19-13-29-14-20-21(19)30-15-35(20)4/h5-8,13-16H,9-12H2,1-4H3,(H2,27,37)(H2,28,31,33)/t16-/m0/s1. The fraction of sp³-hybridized carbons (Fsp3) is 0.346. The number of benzene rings is 1. The third-order valence-electron chi connectivity index (χ3n) is 7.00. The zero-order valence-corrected chi connectivity index (χ0v) is 21.6.